The molecule has 0 aromatic heterocycles. The summed E-state index contributed by atoms with van der Waals surface area (Å²) in [4.78, 5) is 23.3. The number of halogens is 1. The summed E-state index contributed by atoms with van der Waals surface area (Å²) in [5, 5.41) is -0.795. The molecule has 0 aliphatic heterocycles. The Labute approximate surface area is 111 Å². The van der Waals surface area contributed by atoms with Crippen molar-refractivity contribution in [2.75, 3.05) is 6.61 Å². The maximum Gasteiger partial charge on any atom is 0.338 e. The minimum atomic E-state index is -0.795. The molecule has 0 N–H and O–H groups in total. The summed E-state index contributed by atoms with van der Waals surface area (Å²) in [6.45, 7) is 3.42. The van der Waals surface area contributed by atoms with Crippen LogP contribution in [0.25, 0.3) is 0 Å². The monoisotopic (exact) mass is 272 g/mol. The summed E-state index contributed by atoms with van der Waals surface area (Å²) < 4.78 is 4.87. The molecule has 1 rings (SSSR count). The van der Waals surface area contributed by atoms with Crippen LogP contribution in [0.4, 0.5) is 0 Å². The van der Waals surface area contributed by atoms with Crippen LogP contribution >= 0.6 is 24.2 Å². The summed E-state index contributed by atoms with van der Waals surface area (Å²) in [7, 11) is 0. The van der Waals surface area contributed by atoms with Gasteiger partial charge < -0.3 is 4.74 Å². The lowest BCUT2D eigenvalue weighted by molar-refractivity contribution is -0.116. The van der Waals surface area contributed by atoms with Crippen LogP contribution in [0, 0.1) is 0 Å². The van der Waals surface area contributed by atoms with Crippen LogP contribution in [0.15, 0.2) is 23.1 Å². The third-order valence-electron chi connectivity index (χ3n) is 2.17. The van der Waals surface area contributed by atoms with E-state index in [-0.39, 0.29) is 5.78 Å². The second-order valence-electron chi connectivity index (χ2n) is 3.47. The van der Waals surface area contributed by atoms with Crippen molar-refractivity contribution in [2.24, 2.45) is 0 Å². The van der Waals surface area contributed by atoms with Gasteiger partial charge in [0.15, 0.2) is 5.78 Å². The maximum atomic E-state index is 11.5. The van der Waals surface area contributed by atoms with E-state index < -0.39 is 11.3 Å². The zero-order valence-electron chi connectivity index (χ0n) is 9.57. The number of thiol groups is 1. The lowest BCUT2D eigenvalue weighted by Gasteiger charge is -2.11. The minimum absolute atomic E-state index is 0.192. The minimum Gasteiger partial charge on any atom is -0.462 e. The molecule has 0 amide bonds. The van der Waals surface area contributed by atoms with Crippen molar-refractivity contribution < 1.29 is 14.3 Å². The lowest BCUT2D eigenvalue weighted by atomic mass is 10.1. The SMILES string of the molecule is CCOC(=O)c1ccc(S)c(C(Cl)C(C)=O)c1. The molecular formula is C12H13ClO3S. The number of ether oxygens (including phenoxy) is 1. The molecule has 0 saturated carbocycles. The smallest absolute Gasteiger partial charge is 0.338 e. The highest BCUT2D eigenvalue weighted by atomic mass is 35.5. The Morgan fingerprint density at radius 3 is 2.65 bits per heavy atom. The van der Waals surface area contributed by atoms with E-state index in [9.17, 15) is 9.59 Å². The molecular weight excluding hydrogens is 260 g/mol. The Morgan fingerprint density at radius 2 is 2.12 bits per heavy atom. The fourth-order valence-corrected chi connectivity index (χ4v) is 1.84. The molecule has 0 saturated heterocycles. The number of esters is 1. The third-order valence-corrected chi connectivity index (χ3v) is 3.12. The highest BCUT2D eigenvalue weighted by Crippen LogP contribution is 2.28. The molecule has 17 heavy (non-hydrogen) atoms. The number of alkyl halides is 1. The summed E-state index contributed by atoms with van der Waals surface area (Å²) in [5.74, 6) is -0.627. The quantitative estimate of drug-likeness (QED) is 0.520. The Hall–Kier alpha value is -1.00. The average Bonchev–Trinajstić information content (AvgIpc) is 2.28. The molecule has 0 spiro atoms. The van der Waals surface area contributed by atoms with Gasteiger partial charge in [-0.15, -0.1) is 24.2 Å². The molecule has 1 unspecified atom stereocenters. The van der Waals surface area contributed by atoms with Crippen molar-refractivity contribution in [3.05, 3.63) is 29.3 Å². The van der Waals surface area contributed by atoms with Gasteiger partial charge in [0.05, 0.1) is 12.2 Å². The summed E-state index contributed by atoms with van der Waals surface area (Å²) >= 11 is 10.2. The van der Waals surface area contributed by atoms with Gasteiger partial charge in [0.1, 0.15) is 5.38 Å². The first-order valence-electron chi connectivity index (χ1n) is 5.12. The molecule has 0 aliphatic carbocycles. The van der Waals surface area contributed by atoms with Crippen LogP contribution < -0.4 is 0 Å². The maximum absolute atomic E-state index is 11.5. The molecule has 1 atom stereocenters. The van der Waals surface area contributed by atoms with Crippen LogP contribution in [-0.4, -0.2) is 18.4 Å². The van der Waals surface area contributed by atoms with Gasteiger partial charge in [0, 0.05) is 4.90 Å². The van der Waals surface area contributed by atoms with Gasteiger partial charge in [0.2, 0.25) is 0 Å². The highest BCUT2D eigenvalue weighted by Gasteiger charge is 2.18. The van der Waals surface area contributed by atoms with Gasteiger partial charge in [-0.3, -0.25) is 4.79 Å². The largest absolute Gasteiger partial charge is 0.462 e. The zero-order valence-corrected chi connectivity index (χ0v) is 11.2. The van der Waals surface area contributed by atoms with E-state index in [0.717, 1.165) is 0 Å². The average molecular weight is 273 g/mol. The van der Waals surface area contributed by atoms with Crippen molar-refractivity contribution >= 4 is 36.0 Å². The van der Waals surface area contributed by atoms with Gasteiger partial charge in [-0.2, -0.15) is 0 Å². The van der Waals surface area contributed by atoms with Crippen molar-refractivity contribution in [3.63, 3.8) is 0 Å². The Balaban J connectivity index is 3.10. The highest BCUT2D eigenvalue weighted by molar-refractivity contribution is 7.80. The van der Waals surface area contributed by atoms with Crippen molar-refractivity contribution in [3.8, 4) is 0 Å². The van der Waals surface area contributed by atoms with Crippen LogP contribution in [0.5, 0.6) is 0 Å². The fourth-order valence-electron chi connectivity index (χ4n) is 1.32. The topological polar surface area (TPSA) is 43.4 Å². The van der Waals surface area contributed by atoms with Crippen LogP contribution in [-0.2, 0) is 9.53 Å². The number of carbonyl (C=O) groups excluding carboxylic acids is 2. The van der Waals surface area contributed by atoms with Gasteiger partial charge >= 0.3 is 5.97 Å². The van der Waals surface area contributed by atoms with Crippen molar-refractivity contribution in [1.82, 2.24) is 0 Å². The molecule has 92 valence electrons. The van der Waals surface area contributed by atoms with Crippen molar-refractivity contribution in [1.29, 1.82) is 0 Å². The fraction of sp³-hybridized carbons (Fsp3) is 0.333. The van der Waals surface area contributed by atoms with E-state index in [1.165, 1.54) is 6.92 Å². The van der Waals surface area contributed by atoms with Crippen LogP contribution in [0.1, 0.15) is 35.1 Å². The first kappa shape index (κ1) is 14.1. The molecule has 0 bridgehead atoms. The summed E-state index contributed by atoms with van der Waals surface area (Å²) in [5.41, 5.74) is 0.889. The molecule has 1 aromatic carbocycles. The molecule has 3 nitrogen and oxygen atoms in total. The molecule has 0 fully saturated rings. The first-order valence-corrected chi connectivity index (χ1v) is 6.00. The predicted octanol–water partition coefficient (Wildman–Crippen LogP) is 3.02. The van der Waals surface area contributed by atoms with E-state index in [1.807, 2.05) is 0 Å². The van der Waals surface area contributed by atoms with E-state index >= 15 is 0 Å². The molecule has 0 heterocycles. The summed E-state index contributed by atoms with van der Waals surface area (Å²) in [6, 6.07) is 4.76. The Kier molecular flexibility index (Phi) is 5.02. The van der Waals surface area contributed by atoms with Crippen LogP contribution in [0.2, 0.25) is 0 Å². The van der Waals surface area contributed by atoms with Gasteiger partial charge in [-0.05, 0) is 37.6 Å². The predicted molar refractivity (Wildman–Crippen MR) is 68.9 cm³/mol. The van der Waals surface area contributed by atoms with E-state index in [0.29, 0.717) is 22.6 Å². The summed E-state index contributed by atoms with van der Waals surface area (Å²) in [6.07, 6.45) is 0. The number of rotatable bonds is 4. The Bertz CT molecular complexity index is 445. The normalized spacial score (nSPS) is 12.0. The second kappa shape index (κ2) is 6.07. The third kappa shape index (κ3) is 3.48. The number of ketones is 1. The standard InChI is InChI=1S/C12H13ClO3S/c1-3-16-12(15)8-4-5-10(17)9(6-8)11(13)7(2)14/h4-6,11,17H,3H2,1-2H3. The van der Waals surface area contributed by atoms with Gasteiger partial charge in [-0.25, -0.2) is 4.79 Å². The zero-order chi connectivity index (χ0) is 13.0. The van der Waals surface area contributed by atoms with E-state index in [4.69, 9.17) is 16.3 Å². The lowest BCUT2D eigenvalue weighted by Crippen LogP contribution is -2.08. The number of carbonyl (C=O) groups is 2. The van der Waals surface area contributed by atoms with Gasteiger partial charge in [-0.1, -0.05) is 0 Å². The number of hydrogen-bond acceptors (Lipinski definition) is 4. The van der Waals surface area contributed by atoms with E-state index in [1.54, 1.807) is 25.1 Å². The molecule has 0 radical (unpaired) electrons. The number of benzene rings is 1. The number of hydrogen-bond donors (Lipinski definition) is 1. The number of Topliss-reactive ketones (excluding diaryl/α,β-unsaturated/α-hetero) is 1. The van der Waals surface area contributed by atoms with E-state index in [2.05, 4.69) is 12.6 Å². The molecule has 5 heteroatoms. The Morgan fingerprint density at radius 1 is 1.47 bits per heavy atom. The molecule has 1 aromatic rings. The van der Waals surface area contributed by atoms with Crippen LogP contribution in [0.3, 0.4) is 0 Å². The van der Waals surface area contributed by atoms with Crippen molar-refractivity contribution in [2.45, 2.75) is 24.1 Å². The second-order valence-corrected chi connectivity index (χ2v) is 4.39. The first-order chi connectivity index (χ1) is 7.97. The van der Waals surface area contributed by atoms with Gasteiger partial charge in [0.25, 0.3) is 0 Å². The molecule has 0 aliphatic rings.